The Kier molecular flexibility index (Phi) is 7.58. The highest BCUT2D eigenvalue weighted by Gasteiger charge is 2.26. The van der Waals surface area contributed by atoms with E-state index < -0.39 is 30.2 Å². The molecule has 2 N–H and O–H groups in total. The van der Waals surface area contributed by atoms with Gasteiger partial charge < -0.3 is 19.9 Å². The molecule has 10 nitrogen and oxygen atoms in total. The maximum atomic E-state index is 13.7. The number of hydrogen-bond donors (Lipinski definition) is 1. The average Bonchev–Trinajstić information content (AvgIpc) is 3.23. The predicted octanol–water partition coefficient (Wildman–Crippen LogP) is 2.27. The maximum absolute atomic E-state index is 13.7. The van der Waals surface area contributed by atoms with Crippen LogP contribution in [0.4, 0.5) is 14.7 Å². The van der Waals surface area contributed by atoms with E-state index >= 15 is 0 Å². The number of carbonyl (C=O) groups excluding carboxylic acids is 1. The minimum atomic E-state index is -3.05. The Hall–Kier alpha value is -3.80. The number of aryl methyl sites for hydroxylation is 1. The maximum Gasteiger partial charge on any atom is 0.387 e. The van der Waals surface area contributed by atoms with Crippen LogP contribution in [0, 0.1) is 0 Å². The number of carbonyl (C=O) groups is 1. The number of benzene rings is 1. The van der Waals surface area contributed by atoms with Gasteiger partial charge in [-0.15, -0.1) is 0 Å². The summed E-state index contributed by atoms with van der Waals surface area (Å²) in [6, 6.07) is 5.20. The number of nitrogens with two attached hydrogens (primary N) is 1. The lowest BCUT2D eigenvalue weighted by Gasteiger charge is -2.31. The molecule has 3 aromatic rings. The molecule has 0 amide bonds. The molecule has 1 aliphatic rings. The van der Waals surface area contributed by atoms with Crippen LogP contribution in [0.5, 0.6) is 5.75 Å². The number of nitrogens with zero attached hydrogens (tertiary/aromatic N) is 5. The van der Waals surface area contributed by atoms with Crippen molar-refractivity contribution in [2.45, 2.75) is 52.4 Å². The van der Waals surface area contributed by atoms with E-state index in [-0.39, 0.29) is 28.5 Å². The number of halogens is 2. The van der Waals surface area contributed by atoms with Crippen molar-refractivity contribution in [2.24, 2.45) is 12.8 Å². The summed E-state index contributed by atoms with van der Waals surface area (Å²) in [6.45, 7) is 1.88. The fraction of sp³-hybridized carbons (Fsp3) is 0.440. The summed E-state index contributed by atoms with van der Waals surface area (Å²) in [7, 11) is 1.49. The number of aromatic nitrogens is 4. The molecule has 1 fully saturated rings. The Bertz CT molecular complexity index is 1470. The normalized spacial score (nSPS) is 15.9. The van der Waals surface area contributed by atoms with Crippen LogP contribution in [0.25, 0.3) is 11.2 Å². The predicted molar refractivity (Wildman–Crippen MR) is 135 cm³/mol. The second kappa shape index (κ2) is 10.7. The lowest BCUT2D eigenvalue weighted by molar-refractivity contribution is -0.0498. The number of allylic oxidation sites excluding steroid dienone is 2. The highest BCUT2D eigenvalue weighted by molar-refractivity contribution is 5.96. The minimum absolute atomic E-state index is 0.0339. The van der Waals surface area contributed by atoms with Crippen LogP contribution in [-0.2, 0) is 20.1 Å². The molecule has 1 saturated heterocycles. The minimum Gasteiger partial charge on any atom is -0.435 e. The topological polar surface area (TPSA) is 117 Å². The van der Waals surface area contributed by atoms with Crippen molar-refractivity contribution >= 4 is 22.9 Å². The molecule has 0 radical (unpaired) electrons. The number of ether oxygens (including phenoxy) is 1. The monoisotopic (exact) mass is 516 g/mol. The SMILES string of the molecule is CC(C)=CCn1c(N2CCCC(N)C2)nc2c1c(=O)n(CC(=O)c1cccc(OC(F)F)c1)c(=O)n2C. The third-order valence-electron chi connectivity index (χ3n) is 6.32. The van der Waals surface area contributed by atoms with Gasteiger partial charge in [-0.2, -0.15) is 13.8 Å². The number of hydrogen-bond acceptors (Lipinski definition) is 7. The van der Waals surface area contributed by atoms with Gasteiger partial charge in [-0.05, 0) is 38.8 Å². The van der Waals surface area contributed by atoms with Gasteiger partial charge in [0, 0.05) is 38.3 Å². The van der Waals surface area contributed by atoms with Crippen molar-refractivity contribution in [3.63, 3.8) is 0 Å². The fourth-order valence-electron chi connectivity index (χ4n) is 4.46. The van der Waals surface area contributed by atoms with E-state index in [9.17, 15) is 23.2 Å². The summed E-state index contributed by atoms with van der Waals surface area (Å²) in [5.41, 5.74) is 6.29. The molecule has 3 heterocycles. The highest BCUT2D eigenvalue weighted by atomic mass is 19.3. The number of piperidine rings is 1. The second-order valence-corrected chi connectivity index (χ2v) is 9.39. The Morgan fingerprint density at radius 1 is 1.27 bits per heavy atom. The van der Waals surface area contributed by atoms with E-state index in [4.69, 9.17) is 5.73 Å². The largest absolute Gasteiger partial charge is 0.435 e. The molecule has 12 heteroatoms. The number of ketones is 1. The van der Waals surface area contributed by atoms with Crippen molar-refractivity contribution < 1.29 is 18.3 Å². The number of anilines is 1. The first-order valence-electron chi connectivity index (χ1n) is 12.0. The number of imidazole rings is 1. The third kappa shape index (κ3) is 5.48. The summed E-state index contributed by atoms with van der Waals surface area (Å²) in [5.74, 6) is -0.257. The average molecular weight is 517 g/mol. The van der Waals surface area contributed by atoms with Gasteiger partial charge in [0.15, 0.2) is 16.9 Å². The van der Waals surface area contributed by atoms with Crippen molar-refractivity contribution in [3.8, 4) is 5.75 Å². The van der Waals surface area contributed by atoms with Crippen molar-refractivity contribution in [2.75, 3.05) is 18.0 Å². The second-order valence-electron chi connectivity index (χ2n) is 9.39. The quantitative estimate of drug-likeness (QED) is 0.361. The molecule has 1 aliphatic heterocycles. The standard InChI is InChI=1S/C25H30F2N6O4/c1-15(2)9-11-32-20-21(29-24(32)31-10-5-7-17(28)13-31)30(3)25(36)33(22(20)35)14-19(34)16-6-4-8-18(12-16)37-23(26)27/h4,6,8-9,12,17,23H,5,7,10-11,13-14,28H2,1-3H3. The number of rotatable bonds is 8. The molecule has 198 valence electrons. The molecule has 0 bridgehead atoms. The van der Waals surface area contributed by atoms with Crippen LogP contribution in [-0.4, -0.2) is 50.2 Å². The lowest BCUT2D eigenvalue weighted by atomic mass is 10.1. The zero-order chi connectivity index (χ0) is 26.9. The Labute approximate surface area is 211 Å². The first-order valence-corrected chi connectivity index (χ1v) is 12.0. The van der Waals surface area contributed by atoms with E-state index in [1.54, 1.807) is 4.57 Å². The van der Waals surface area contributed by atoms with E-state index in [1.807, 2.05) is 24.8 Å². The molecular weight excluding hydrogens is 486 g/mol. The van der Waals surface area contributed by atoms with Crippen molar-refractivity contribution in [1.82, 2.24) is 18.7 Å². The van der Waals surface area contributed by atoms with Gasteiger partial charge in [0.05, 0.1) is 6.54 Å². The zero-order valence-electron chi connectivity index (χ0n) is 21.0. The molecule has 4 rings (SSSR count). The third-order valence-corrected chi connectivity index (χ3v) is 6.32. The van der Waals surface area contributed by atoms with Gasteiger partial charge in [-0.1, -0.05) is 23.8 Å². The molecule has 1 aromatic carbocycles. The van der Waals surface area contributed by atoms with Crippen molar-refractivity contribution in [1.29, 1.82) is 0 Å². The van der Waals surface area contributed by atoms with E-state index in [2.05, 4.69) is 9.72 Å². The van der Waals surface area contributed by atoms with Crippen LogP contribution >= 0.6 is 0 Å². The van der Waals surface area contributed by atoms with Gasteiger partial charge in [0.25, 0.3) is 5.56 Å². The molecule has 1 atom stereocenters. The van der Waals surface area contributed by atoms with E-state index in [1.165, 1.54) is 29.8 Å². The van der Waals surface area contributed by atoms with Gasteiger partial charge in [-0.25, -0.2) is 4.79 Å². The molecule has 37 heavy (non-hydrogen) atoms. The molecule has 0 aliphatic carbocycles. The smallest absolute Gasteiger partial charge is 0.387 e. The molecule has 2 aromatic heterocycles. The highest BCUT2D eigenvalue weighted by Crippen LogP contribution is 2.23. The van der Waals surface area contributed by atoms with Crippen LogP contribution in [0.2, 0.25) is 0 Å². The Morgan fingerprint density at radius 2 is 2.03 bits per heavy atom. The fourth-order valence-corrected chi connectivity index (χ4v) is 4.46. The Balaban J connectivity index is 1.82. The summed E-state index contributed by atoms with van der Waals surface area (Å²) in [4.78, 5) is 46.5. The van der Waals surface area contributed by atoms with Crippen LogP contribution in [0.1, 0.15) is 37.0 Å². The van der Waals surface area contributed by atoms with Crippen LogP contribution < -0.4 is 26.6 Å². The number of Topliss-reactive ketones (excluding diaryl/α,β-unsaturated/α-hetero) is 1. The molecule has 0 saturated carbocycles. The lowest BCUT2D eigenvalue weighted by Crippen LogP contribution is -2.44. The zero-order valence-corrected chi connectivity index (χ0v) is 21.0. The first-order chi connectivity index (χ1) is 17.6. The van der Waals surface area contributed by atoms with Gasteiger partial charge in [0.1, 0.15) is 5.75 Å². The van der Waals surface area contributed by atoms with Crippen LogP contribution in [0.15, 0.2) is 45.5 Å². The number of alkyl halides is 2. The molecular formula is C25H30F2N6O4. The summed E-state index contributed by atoms with van der Waals surface area (Å²) in [5, 5.41) is 0. The van der Waals surface area contributed by atoms with E-state index in [0.29, 0.717) is 25.6 Å². The van der Waals surface area contributed by atoms with E-state index in [0.717, 1.165) is 29.0 Å². The first kappa shape index (κ1) is 26.3. The number of fused-ring (bicyclic) bond motifs is 1. The Morgan fingerprint density at radius 3 is 2.70 bits per heavy atom. The summed E-state index contributed by atoms with van der Waals surface area (Å²) < 4.78 is 33.4. The van der Waals surface area contributed by atoms with Gasteiger partial charge in [0.2, 0.25) is 5.95 Å². The molecule has 1 unspecified atom stereocenters. The summed E-state index contributed by atoms with van der Waals surface area (Å²) >= 11 is 0. The van der Waals surface area contributed by atoms with Crippen LogP contribution in [0.3, 0.4) is 0 Å². The van der Waals surface area contributed by atoms with Crippen molar-refractivity contribution in [3.05, 3.63) is 62.3 Å². The van der Waals surface area contributed by atoms with Gasteiger partial charge >= 0.3 is 12.3 Å². The summed E-state index contributed by atoms with van der Waals surface area (Å²) in [6.07, 6.45) is 3.71. The molecule has 0 spiro atoms. The van der Waals surface area contributed by atoms with Gasteiger partial charge in [-0.3, -0.25) is 18.7 Å².